The van der Waals surface area contributed by atoms with Crippen LogP contribution in [0, 0.1) is 5.82 Å². The average molecular weight is 349 g/mol. The molecular weight excluding hydrogens is 329 g/mol. The lowest BCUT2D eigenvalue weighted by molar-refractivity contribution is 0.407. The fourth-order valence-corrected chi connectivity index (χ4v) is 3.63. The molecule has 2 saturated carbocycles. The number of aromatic nitrogens is 2. The molecule has 1 aromatic heterocycles. The Bertz CT molecular complexity index is 920. The van der Waals surface area contributed by atoms with Gasteiger partial charge in [-0.2, -0.15) is 4.98 Å². The maximum absolute atomic E-state index is 13.9. The second-order valence-corrected chi connectivity index (χ2v) is 7.42. The number of halogens is 1. The predicted molar refractivity (Wildman–Crippen MR) is 96.2 cm³/mol. The van der Waals surface area contributed by atoms with Crippen LogP contribution >= 0.6 is 0 Å². The van der Waals surface area contributed by atoms with Crippen LogP contribution in [0.2, 0.25) is 0 Å². The van der Waals surface area contributed by atoms with Crippen molar-refractivity contribution < 1.29 is 8.91 Å². The predicted octanol–water partition coefficient (Wildman–Crippen LogP) is 4.05. The van der Waals surface area contributed by atoms with Gasteiger partial charge in [0.1, 0.15) is 5.82 Å². The Hall–Kier alpha value is -2.53. The van der Waals surface area contributed by atoms with Gasteiger partial charge < -0.3 is 9.84 Å². The Labute approximate surface area is 151 Å². The first-order valence-electron chi connectivity index (χ1n) is 9.13. The van der Waals surface area contributed by atoms with Crippen LogP contribution in [0.4, 0.5) is 4.39 Å². The number of nitrogens with one attached hydrogen (secondary N) is 1. The first-order chi connectivity index (χ1) is 12.8. The summed E-state index contributed by atoms with van der Waals surface area (Å²) >= 11 is 0. The molecular formula is C21H20FN3O. The van der Waals surface area contributed by atoms with Crippen molar-refractivity contribution in [2.45, 2.75) is 36.6 Å². The molecule has 1 N–H and O–H groups in total. The van der Waals surface area contributed by atoms with Crippen molar-refractivity contribution in [2.24, 2.45) is 0 Å². The van der Waals surface area contributed by atoms with Gasteiger partial charge in [0, 0.05) is 23.9 Å². The number of rotatable bonds is 6. The van der Waals surface area contributed by atoms with E-state index in [0.717, 1.165) is 19.4 Å². The van der Waals surface area contributed by atoms with Crippen molar-refractivity contribution in [3.8, 4) is 11.5 Å². The molecule has 0 bridgehead atoms. The molecule has 0 aliphatic heterocycles. The van der Waals surface area contributed by atoms with Gasteiger partial charge >= 0.3 is 0 Å². The van der Waals surface area contributed by atoms with E-state index in [0.29, 0.717) is 23.3 Å². The van der Waals surface area contributed by atoms with Gasteiger partial charge in [-0.05, 0) is 37.0 Å². The molecule has 0 radical (unpaired) electrons. The maximum Gasteiger partial charge on any atom is 0.260 e. The van der Waals surface area contributed by atoms with Gasteiger partial charge in [-0.15, -0.1) is 0 Å². The number of nitrogens with zero attached hydrogens (tertiary/aromatic N) is 2. The van der Waals surface area contributed by atoms with Gasteiger partial charge in [0.05, 0.1) is 5.56 Å². The molecule has 0 saturated heterocycles. The molecule has 5 heteroatoms. The third kappa shape index (κ3) is 2.82. The second kappa shape index (κ2) is 6.02. The van der Waals surface area contributed by atoms with Crippen LogP contribution in [0.3, 0.4) is 0 Å². The second-order valence-electron chi connectivity index (χ2n) is 7.42. The summed E-state index contributed by atoms with van der Waals surface area (Å²) in [5.74, 6) is 1.22. The first-order valence-corrected chi connectivity index (χ1v) is 9.13. The van der Waals surface area contributed by atoms with Gasteiger partial charge in [0.15, 0.2) is 5.82 Å². The van der Waals surface area contributed by atoms with E-state index in [1.165, 1.54) is 18.1 Å². The molecule has 0 spiro atoms. The molecule has 2 atom stereocenters. The van der Waals surface area contributed by atoms with Gasteiger partial charge in [0.25, 0.3) is 5.89 Å². The van der Waals surface area contributed by atoms with E-state index in [1.807, 2.05) is 0 Å². The van der Waals surface area contributed by atoms with Crippen LogP contribution in [-0.2, 0) is 5.41 Å². The zero-order valence-corrected chi connectivity index (χ0v) is 14.4. The molecule has 1 heterocycles. The lowest BCUT2D eigenvalue weighted by Gasteiger charge is -2.12. The Morgan fingerprint density at radius 2 is 1.85 bits per heavy atom. The Morgan fingerprint density at radius 3 is 2.62 bits per heavy atom. The lowest BCUT2D eigenvalue weighted by Crippen LogP contribution is -2.30. The third-order valence-corrected chi connectivity index (χ3v) is 5.58. The fraction of sp³-hybridized carbons (Fsp3) is 0.333. The molecule has 5 rings (SSSR count). The largest absolute Gasteiger partial charge is 0.334 e. The molecule has 2 unspecified atom stereocenters. The van der Waals surface area contributed by atoms with Crippen LogP contribution < -0.4 is 5.32 Å². The molecule has 2 aromatic carbocycles. The standard InChI is InChI=1S/C21H20FN3O/c22-17-9-5-4-8-15(17)19-24-20(25-26-19)21(10-11-21)13-23-18-12-16(18)14-6-2-1-3-7-14/h1-9,16,18,23H,10-13H2. The zero-order valence-electron chi connectivity index (χ0n) is 14.4. The van der Waals surface area contributed by atoms with Crippen LogP contribution in [0.1, 0.15) is 36.6 Å². The van der Waals surface area contributed by atoms with Crippen molar-refractivity contribution in [2.75, 3.05) is 6.54 Å². The third-order valence-electron chi connectivity index (χ3n) is 5.58. The molecule has 2 fully saturated rings. The smallest absolute Gasteiger partial charge is 0.260 e. The average Bonchev–Trinajstić information content (AvgIpc) is 3.58. The van der Waals surface area contributed by atoms with Gasteiger partial charge in [-0.1, -0.05) is 47.6 Å². The van der Waals surface area contributed by atoms with Crippen LogP contribution in [-0.4, -0.2) is 22.7 Å². The summed E-state index contributed by atoms with van der Waals surface area (Å²) in [4.78, 5) is 4.49. The van der Waals surface area contributed by atoms with E-state index in [-0.39, 0.29) is 17.1 Å². The first kappa shape index (κ1) is 15.7. The summed E-state index contributed by atoms with van der Waals surface area (Å²) < 4.78 is 19.3. The highest BCUT2D eigenvalue weighted by Gasteiger charge is 2.50. The minimum Gasteiger partial charge on any atom is -0.334 e. The lowest BCUT2D eigenvalue weighted by atomic mass is 10.1. The fourth-order valence-electron chi connectivity index (χ4n) is 3.63. The normalized spacial score (nSPS) is 23.0. The van der Waals surface area contributed by atoms with Crippen molar-refractivity contribution >= 4 is 0 Å². The quantitative estimate of drug-likeness (QED) is 0.729. The van der Waals surface area contributed by atoms with E-state index in [1.54, 1.807) is 18.2 Å². The monoisotopic (exact) mass is 349 g/mol. The summed E-state index contributed by atoms with van der Waals surface area (Å²) in [5, 5.41) is 7.82. The highest BCUT2D eigenvalue weighted by Crippen LogP contribution is 2.48. The van der Waals surface area contributed by atoms with Crippen molar-refractivity contribution in [1.29, 1.82) is 0 Å². The topological polar surface area (TPSA) is 51.0 Å². The van der Waals surface area contributed by atoms with Crippen molar-refractivity contribution in [3.05, 3.63) is 71.8 Å². The maximum atomic E-state index is 13.9. The highest BCUT2D eigenvalue weighted by molar-refractivity contribution is 5.53. The number of hydrogen-bond donors (Lipinski definition) is 1. The van der Waals surface area contributed by atoms with Crippen LogP contribution in [0.5, 0.6) is 0 Å². The zero-order chi connectivity index (χ0) is 17.6. The Kier molecular flexibility index (Phi) is 3.64. The number of hydrogen-bond acceptors (Lipinski definition) is 4. The number of benzene rings is 2. The van der Waals surface area contributed by atoms with E-state index >= 15 is 0 Å². The summed E-state index contributed by atoms with van der Waals surface area (Å²) in [6.07, 6.45) is 3.25. The Balaban J connectivity index is 1.26. The molecule has 26 heavy (non-hydrogen) atoms. The molecule has 2 aliphatic carbocycles. The molecule has 2 aliphatic rings. The molecule has 3 aromatic rings. The molecule has 4 nitrogen and oxygen atoms in total. The summed E-state index contributed by atoms with van der Waals surface area (Å²) in [5.41, 5.74) is 1.70. The molecule has 132 valence electrons. The minimum absolute atomic E-state index is 0.0587. The van der Waals surface area contributed by atoms with E-state index in [9.17, 15) is 4.39 Å². The van der Waals surface area contributed by atoms with E-state index < -0.39 is 0 Å². The van der Waals surface area contributed by atoms with Gasteiger partial charge in [-0.3, -0.25) is 0 Å². The van der Waals surface area contributed by atoms with Crippen molar-refractivity contribution in [1.82, 2.24) is 15.5 Å². The van der Waals surface area contributed by atoms with Crippen LogP contribution in [0.15, 0.2) is 59.1 Å². The van der Waals surface area contributed by atoms with Crippen LogP contribution in [0.25, 0.3) is 11.5 Å². The summed E-state index contributed by atoms with van der Waals surface area (Å²) in [7, 11) is 0. The molecule has 0 amide bonds. The van der Waals surface area contributed by atoms with Gasteiger partial charge in [-0.25, -0.2) is 4.39 Å². The van der Waals surface area contributed by atoms with E-state index in [4.69, 9.17) is 4.52 Å². The SMILES string of the molecule is Fc1ccccc1-c1nc(C2(CNC3CC3c3ccccc3)CC2)no1. The highest BCUT2D eigenvalue weighted by atomic mass is 19.1. The summed E-state index contributed by atoms with van der Waals surface area (Å²) in [6, 6.07) is 17.6. The van der Waals surface area contributed by atoms with Crippen molar-refractivity contribution in [3.63, 3.8) is 0 Å². The minimum atomic E-state index is -0.339. The Morgan fingerprint density at radius 1 is 1.08 bits per heavy atom. The van der Waals surface area contributed by atoms with E-state index in [2.05, 4.69) is 45.8 Å². The summed E-state index contributed by atoms with van der Waals surface area (Å²) in [6.45, 7) is 0.844. The van der Waals surface area contributed by atoms with Gasteiger partial charge in [0.2, 0.25) is 0 Å².